The highest BCUT2D eigenvalue weighted by Crippen LogP contribution is 2.42. The molecule has 0 aliphatic heterocycles. The molecule has 0 bridgehead atoms. The first-order valence-corrected chi connectivity index (χ1v) is 9.33. The number of aromatic nitrogens is 1. The van der Waals surface area contributed by atoms with E-state index in [1.54, 1.807) is 49.8 Å². The Morgan fingerprint density at radius 2 is 1.79 bits per heavy atom. The van der Waals surface area contributed by atoms with E-state index in [9.17, 15) is 13.2 Å². The van der Waals surface area contributed by atoms with Crippen LogP contribution in [0.5, 0.6) is 0 Å². The minimum absolute atomic E-state index is 0.155. The molecule has 0 fully saturated rings. The van der Waals surface area contributed by atoms with Crippen molar-refractivity contribution in [2.75, 3.05) is 7.05 Å². The fourth-order valence-electron chi connectivity index (χ4n) is 2.75. The molecule has 0 atom stereocenters. The minimum Gasteiger partial charge on any atom is -0.339 e. The van der Waals surface area contributed by atoms with Gasteiger partial charge in [-0.15, -0.1) is 11.3 Å². The van der Waals surface area contributed by atoms with Crippen molar-refractivity contribution in [2.24, 2.45) is 4.99 Å². The summed E-state index contributed by atoms with van der Waals surface area (Å²) in [6, 6.07) is 13.7. The van der Waals surface area contributed by atoms with Crippen LogP contribution >= 0.6 is 11.3 Å². The average molecular weight is 401 g/mol. The standard InChI is InChI=1S/C21H18F3N3S/c1-3-17(15-9-11-26-12-10-15)27-20(25-2)18-13-16(14-7-5-4-6-8-14)19(28-18)21(22,23)24/h3-13H,1-2H3,(H,25,27)/b17-3+. The molecule has 0 aliphatic rings. The molecule has 144 valence electrons. The van der Waals surface area contributed by atoms with Crippen molar-refractivity contribution in [3.63, 3.8) is 0 Å². The molecule has 3 aromatic rings. The maximum Gasteiger partial charge on any atom is 0.426 e. The number of benzene rings is 1. The number of pyridine rings is 1. The summed E-state index contributed by atoms with van der Waals surface area (Å²) in [6.45, 7) is 1.85. The van der Waals surface area contributed by atoms with E-state index >= 15 is 0 Å². The van der Waals surface area contributed by atoms with Crippen molar-refractivity contribution < 1.29 is 13.2 Å². The number of nitrogens with one attached hydrogen (secondary N) is 1. The fraction of sp³-hybridized carbons (Fsp3) is 0.143. The first-order valence-electron chi connectivity index (χ1n) is 8.51. The summed E-state index contributed by atoms with van der Waals surface area (Å²) < 4.78 is 40.9. The zero-order valence-electron chi connectivity index (χ0n) is 15.3. The quantitative estimate of drug-likeness (QED) is 0.439. The lowest BCUT2D eigenvalue weighted by Crippen LogP contribution is -2.22. The smallest absolute Gasteiger partial charge is 0.339 e. The van der Waals surface area contributed by atoms with Crippen LogP contribution in [0.3, 0.4) is 0 Å². The summed E-state index contributed by atoms with van der Waals surface area (Å²) >= 11 is 0.684. The van der Waals surface area contributed by atoms with Crippen LogP contribution in [0.25, 0.3) is 16.8 Å². The van der Waals surface area contributed by atoms with Crippen molar-refractivity contribution in [1.82, 2.24) is 10.3 Å². The van der Waals surface area contributed by atoms with Gasteiger partial charge in [-0.25, -0.2) is 0 Å². The highest BCUT2D eigenvalue weighted by atomic mass is 32.1. The third-order valence-corrected chi connectivity index (χ3v) is 5.25. The highest BCUT2D eigenvalue weighted by Gasteiger charge is 2.36. The number of aliphatic imine (C=N–C) groups is 1. The van der Waals surface area contributed by atoms with E-state index < -0.39 is 11.1 Å². The van der Waals surface area contributed by atoms with Gasteiger partial charge in [0.1, 0.15) is 10.7 Å². The predicted octanol–water partition coefficient (Wildman–Crippen LogP) is 5.86. The van der Waals surface area contributed by atoms with Crippen LogP contribution in [0.2, 0.25) is 0 Å². The number of amidine groups is 1. The monoisotopic (exact) mass is 401 g/mol. The Morgan fingerprint density at radius 3 is 2.36 bits per heavy atom. The zero-order chi connectivity index (χ0) is 20.1. The first-order chi connectivity index (χ1) is 13.4. The topological polar surface area (TPSA) is 37.3 Å². The molecule has 2 heterocycles. The summed E-state index contributed by atoms with van der Waals surface area (Å²) in [5.41, 5.74) is 2.29. The molecule has 3 rings (SSSR count). The lowest BCUT2D eigenvalue weighted by atomic mass is 10.1. The SMILES string of the molecule is C/C=C(/NC(=NC)c1cc(-c2ccccc2)c(C(F)(F)F)s1)c1ccncc1. The molecule has 0 amide bonds. The molecule has 3 nitrogen and oxygen atoms in total. The Bertz CT molecular complexity index is 991. The molecule has 7 heteroatoms. The Labute approximate surface area is 165 Å². The average Bonchev–Trinajstić information content (AvgIpc) is 3.16. The van der Waals surface area contributed by atoms with Crippen LogP contribution in [0.15, 0.2) is 72.0 Å². The number of rotatable bonds is 4. The second kappa shape index (κ2) is 8.39. The largest absolute Gasteiger partial charge is 0.426 e. The van der Waals surface area contributed by atoms with Crippen molar-refractivity contribution >= 4 is 22.9 Å². The lowest BCUT2D eigenvalue weighted by Gasteiger charge is -2.12. The van der Waals surface area contributed by atoms with E-state index in [0.29, 0.717) is 27.6 Å². The van der Waals surface area contributed by atoms with Crippen molar-refractivity contribution in [1.29, 1.82) is 0 Å². The number of allylic oxidation sites excluding steroid dienone is 1. The maximum atomic E-state index is 13.6. The minimum atomic E-state index is -4.44. The molecular formula is C21H18F3N3S. The Kier molecular flexibility index (Phi) is 5.94. The second-order valence-corrected chi connectivity index (χ2v) is 6.90. The molecule has 0 saturated carbocycles. The van der Waals surface area contributed by atoms with Crippen molar-refractivity contribution in [2.45, 2.75) is 13.1 Å². The number of nitrogens with zero attached hydrogens (tertiary/aromatic N) is 2. The third-order valence-electron chi connectivity index (χ3n) is 4.06. The number of halogens is 3. The maximum absolute atomic E-state index is 13.6. The van der Waals surface area contributed by atoms with Crippen molar-refractivity contribution in [3.05, 3.63) is 82.3 Å². The van der Waals surface area contributed by atoms with Gasteiger partial charge < -0.3 is 5.32 Å². The number of hydrogen-bond donors (Lipinski definition) is 1. The fourth-order valence-corrected chi connectivity index (χ4v) is 3.79. The van der Waals surface area contributed by atoms with E-state index in [4.69, 9.17) is 0 Å². The van der Waals surface area contributed by atoms with Gasteiger partial charge in [0, 0.05) is 36.3 Å². The molecule has 0 saturated heterocycles. The Balaban J connectivity index is 2.01. The van der Waals surface area contributed by atoms with Crippen LogP contribution in [0.1, 0.15) is 22.2 Å². The van der Waals surface area contributed by atoms with Crippen LogP contribution in [-0.2, 0) is 6.18 Å². The van der Waals surface area contributed by atoms with Crippen LogP contribution < -0.4 is 5.32 Å². The van der Waals surface area contributed by atoms with Gasteiger partial charge in [0.15, 0.2) is 0 Å². The van der Waals surface area contributed by atoms with Gasteiger partial charge in [-0.1, -0.05) is 36.4 Å². The van der Waals surface area contributed by atoms with Gasteiger partial charge in [0.2, 0.25) is 0 Å². The summed E-state index contributed by atoms with van der Waals surface area (Å²) in [5.74, 6) is 0.377. The molecule has 1 aromatic carbocycles. The molecule has 28 heavy (non-hydrogen) atoms. The van der Waals surface area contributed by atoms with Gasteiger partial charge >= 0.3 is 6.18 Å². The van der Waals surface area contributed by atoms with Gasteiger partial charge in [-0.3, -0.25) is 9.98 Å². The molecule has 0 unspecified atom stereocenters. The molecule has 0 spiro atoms. The Hall–Kier alpha value is -2.93. The molecular weight excluding hydrogens is 383 g/mol. The number of hydrogen-bond acceptors (Lipinski definition) is 3. The molecule has 0 radical (unpaired) electrons. The van der Waals surface area contributed by atoms with Crippen LogP contribution in [-0.4, -0.2) is 17.9 Å². The second-order valence-electron chi connectivity index (χ2n) is 5.85. The van der Waals surface area contributed by atoms with Gasteiger partial charge in [-0.2, -0.15) is 13.2 Å². The van der Waals surface area contributed by atoms with Crippen LogP contribution in [0.4, 0.5) is 13.2 Å². The number of alkyl halides is 3. The molecule has 2 aromatic heterocycles. The van der Waals surface area contributed by atoms with Crippen LogP contribution in [0, 0.1) is 0 Å². The zero-order valence-corrected chi connectivity index (χ0v) is 16.1. The predicted molar refractivity (Wildman–Crippen MR) is 108 cm³/mol. The normalized spacial score (nSPS) is 12.9. The van der Waals surface area contributed by atoms with E-state index in [1.807, 2.05) is 25.1 Å². The van der Waals surface area contributed by atoms with Crippen molar-refractivity contribution in [3.8, 4) is 11.1 Å². The van der Waals surface area contributed by atoms with Gasteiger partial charge in [-0.05, 0) is 30.7 Å². The lowest BCUT2D eigenvalue weighted by molar-refractivity contribution is -0.133. The van der Waals surface area contributed by atoms with E-state index in [0.717, 1.165) is 11.3 Å². The van der Waals surface area contributed by atoms with E-state index in [-0.39, 0.29) is 5.56 Å². The molecule has 1 N–H and O–H groups in total. The molecule has 0 aliphatic carbocycles. The summed E-state index contributed by atoms with van der Waals surface area (Å²) in [7, 11) is 1.55. The van der Waals surface area contributed by atoms with Gasteiger partial charge in [0.25, 0.3) is 0 Å². The Morgan fingerprint density at radius 1 is 1.11 bits per heavy atom. The highest BCUT2D eigenvalue weighted by molar-refractivity contribution is 7.14. The summed E-state index contributed by atoms with van der Waals surface area (Å²) in [6.07, 6.45) is 0.714. The van der Waals surface area contributed by atoms with E-state index in [2.05, 4.69) is 15.3 Å². The summed E-state index contributed by atoms with van der Waals surface area (Å²) in [4.78, 5) is 7.96. The third kappa shape index (κ3) is 4.31. The first kappa shape index (κ1) is 19.8. The van der Waals surface area contributed by atoms with Gasteiger partial charge in [0.05, 0.1) is 4.88 Å². The summed E-state index contributed by atoms with van der Waals surface area (Å²) in [5, 5.41) is 3.16. The van der Waals surface area contributed by atoms with E-state index in [1.165, 1.54) is 6.07 Å². The number of thiophene rings is 1.